The SMILES string of the molecule is CCOC(=O)CC=Cc1cc(F)c(O)c(C=O)c1. The predicted molar refractivity (Wildman–Crippen MR) is 63.7 cm³/mol. The Morgan fingerprint density at radius 3 is 2.83 bits per heavy atom. The molecule has 1 N–H and O–H groups in total. The summed E-state index contributed by atoms with van der Waals surface area (Å²) in [6.07, 6.45) is 3.40. The number of esters is 1. The van der Waals surface area contributed by atoms with Crippen molar-refractivity contribution < 1.29 is 23.8 Å². The molecule has 5 heteroatoms. The van der Waals surface area contributed by atoms with Crippen molar-refractivity contribution in [3.8, 4) is 5.75 Å². The summed E-state index contributed by atoms with van der Waals surface area (Å²) >= 11 is 0. The van der Waals surface area contributed by atoms with Gasteiger partial charge in [0, 0.05) is 0 Å². The van der Waals surface area contributed by atoms with Crippen LogP contribution in [0.5, 0.6) is 5.75 Å². The Bertz CT molecular complexity index is 480. The van der Waals surface area contributed by atoms with Crippen LogP contribution in [-0.4, -0.2) is 24.0 Å². The Morgan fingerprint density at radius 2 is 2.22 bits per heavy atom. The zero-order chi connectivity index (χ0) is 13.5. The molecule has 1 aromatic rings. The van der Waals surface area contributed by atoms with Gasteiger partial charge in [-0.25, -0.2) is 4.39 Å². The molecule has 96 valence electrons. The van der Waals surface area contributed by atoms with Crippen LogP contribution in [-0.2, 0) is 9.53 Å². The molecule has 0 bridgehead atoms. The maximum Gasteiger partial charge on any atom is 0.309 e. The fourth-order valence-electron chi connectivity index (χ4n) is 1.34. The summed E-state index contributed by atoms with van der Waals surface area (Å²) in [7, 11) is 0. The van der Waals surface area contributed by atoms with E-state index in [1.807, 2.05) is 0 Å². The van der Waals surface area contributed by atoms with Gasteiger partial charge in [-0.2, -0.15) is 0 Å². The van der Waals surface area contributed by atoms with E-state index >= 15 is 0 Å². The van der Waals surface area contributed by atoms with Gasteiger partial charge in [0.1, 0.15) is 0 Å². The maximum atomic E-state index is 13.2. The normalized spacial score (nSPS) is 10.6. The minimum atomic E-state index is -0.879. The molecule has 0 aliphatic heterocycles. The summed E-state index contributed by atoms with van der Waals surface area (Å²) in [4.78, 5) is 21.6. The number of phenols is 1. The third-order valence-corrected chi connectivity index (χ3v) is 2.14. The van der Waals surface area contributed by atoms with Crippen LogP contribution in [0.25, 0.3) is 6.08 Å². The highest BCUT2D eigenvalue weighted by Crippen LogP contribution is 2.22. The minimum Gasteiger partial charge on any atom is -0.504 e. The van der Waals surface area contributed by atoms with E-state index in [1.54, 1.807) is 6.92 Å². The Labute approximate surface area is 104 Å². The van der Waals surface area contributed by atoms with Crippen molar-refractivity contribution in [1.82, 2.24) is 0 Å². The second-order valence-corrected chi connectivity index (χ2v) is 3.47. The first-order valence-electron chi connectivity index (χ1n) is 5.38. The molecule has 0 saturated heterocycles. The molecule has 0 unspecified atom stereocenters. The number of ether oxygens (including phenoxy) is 1. The fraction of sp³-hybridized carbons (Fsp3) is 0.231. The van der Waals surface area contributed by atoms with Gasteiger partial charge in [0.25, 0.3) is 0 Å². The Kier molecular flexibility index (Phi) is 5.05. The van der Waals surface area contributed by atoms with Crippen LogP contribution >= 0.6 is 0 Å². The molecule has 18 heavy (non-hydrogen) atoms. The van der Waals surface area contributed by atoms with Crippen LogP contribution in [0.3, 0.4) is 0 Å². The molecule has 1 aromatic carbocycles. The quantitative estimate of drug-likeness (QED) is 0.645. The third-order valence-electron chi connectivity index (χ3n) is 2.14. The lowest BCUT2D eigenvalue weighted by atomic mass is 10.1. The van der Waals surface area contributed by atoms with Crippen LogP contribution in [0, 0.1) is 5.82 Å². The Hall–Kier alpha value is -2.17. The minimum absolute atomic E-state index is 0.0623. The van der Waals surface area contributed by atoms with E-state index in [1.165, 1.54) is 18.2 Å². The van der Waals surface area contributed by atoms with Crippen LogP contribution < -0.4 is 0 Å². The van der Waals surface area contributed by atoms with Gasteiger partial charge in [0.15, 0.2) is 17.9 Å². The number of carbonyl (C=O) groups is 2. The molecule has 0 fully saturated rings. The number of benzene rings is 1. The van der Waals surface area contributed by atoms with Crippen molar-refractivity contribution >= 4 is 18.3 Å². The van der Waals surface area contributed by atoms with Crippen molar-refractivity contribution in [2.45, 2.75) is 13.3 Å². The summed E-state index contributed by atoms with van der Waals surface area (Å²) in [5, 5.41) is 9.20. The first-order valence-corrected chi connectivity index (χ1v) is 5.38. The van der Waals surface area contributed by atoms with Gasteiger partial charge in [-0.3, -0.25) is 9.59 Å². The molecule has 0 amide bonds. The van der Waals surface area contributed by atoms with Gasteiger partial charge in [0.2, 0.25) is 0 Å². The summed E-state index contributed by atoms with van der Waals surface area (Å²) in [6, 6.07) is 2.40. The van der Waals surface area contributed by atoms with E-state index in [-0.39, 0.29) is 18.0 Å². The molecule has 1 rings (SSSR count). The molecular weight excluding hydrogens is 239 g/mol. The molecular formula is C13H13FO4. The monoisotopic (exact) mass is 252 g/mol. The highest BCUT2D eigenvalue weighted by Gasteiger charge is 2.07. The first kappa shape index (κ1) is 13.9. The lowest BCUT2D eigenvalue weighted by Crippen LogP contribution is -2.01. The number of hydrogen-bond donors (Lipinski definition) is 1. The zero-order valence-corrected chi connectivity index (χ0v) is 9.85. The van der Waals surface area contributed by atoms with Crippen molar-refractivity contribution in [3.63, 3.8) is 0 Å². The second-order valence-electron chi connectivity index (χ2n) is 3.47. The van der Waals surface area contributed by atoms with Gasteiger partial charge in [-0.05, 0) is 24.6 Å². The first-order chi connectivity index (χ1) is 8.58. The lowest BCUT2D eigenvalue weighted by Gasteiger charge is -2.01. The van der Waals surface area contributed by atoms with Gasteiger partial charge < -0.3 is 9.84 Å². The number of hydrogen-bond acceptors (Lipinski definition) is 4. The highest BCUT2D eigenvalue weighted by molar-refractivity contribution is 5.81. The van der Waals surface area contributed by atoms with E-state index < -0.39 is 11.6 Å². The van der Waals surface area contributed by atoms with Crippen molar-refractivity contribution in [1.29, 1.82) is 0 Å². The fourth-order valence-corrected chi connectivity index (χ4v) is 1.34. The standard InChI is InChI=1S/C13H13FO4/c1-2-18-12(16)5-3-4-9-6-10(8-15)13(17)11(14)7-9/h3-4,6-8,17H,2,5H2,1H3. The predicted octanol–water partition coefficient (Wildman–Crippen LogP) is 2.31. The van der Waals surface area contributed by atoms with Crippen LogP contribution in [0.2, 0.25) is 0 Å². The molecule has 0 spiro atoms. The van der Waals surface area contributed by atoms with Crippen LogP contribution in [0.1, 0.15) is 29.3 Å². The Balaban J connectivity index is 2.79. The molecule has 0 radical (unpaired) electrons. The van der Waals surface area contributed by atoms with E-state index in [2.05, 4.69) is 0 Å². The largest absolute Gasteiger partial charge is 0.504 e. The van der Waals surface area contributed by atoms with Crippen molar-refractivity contribution in [2.24, 2.45) is 0 Å². The number of carbonyl (C=O) groups excluding carboxylic acids is 2. The molecule has 4 nitrogen and oxygen atoms in total. The summed E-state index contributed by atoms with van der Waals surface area (Å²) in [6.45, 7) is 2.00. The molecule has 0 heterocycles. The molecule has 0 saturated carbocycles. The number of halogens is 1. The van der Waals surface area contributed by atoms with E-state index in [4.69, 9.17) is 4.74 Å². The van der Waals surface area contributed by atoms with Gasteiger partial charge in [-0.15, -0.1) is 0 Å². The van der Waals surface area contributed by atoms with E-state index in [9.17, 15) is 19.1 Å². The average molecular weight is 252 g/mol. The van der Waals surface area contributed by atoms with Crippen molar-refractivity contribution in [2.75, 3.05) is 6.61 Å². The average Bonchev–Trinajstić information content (AvgIpc) is 2.33. The smallest absolute Gasteiger partial charge is 0.309 e. The van der Waals surface area contributed by atoms with Crippen LogP contribution in [0.4, 0.5) is 4.39 Å². The lowest BCUT2D eigenvalue weighted by molar-refractivity contribution is -0.142. The summed E-state index contributed by atoms with van der Waals surface area (Å²) in [5.74, 6) is -1.94. The molecule has 0 atom stereocenters. The number of aromatic hydroxyl groups is 1. The molecule has 0 aliphatic rings. The highest BCUT2D eigenvalue weighted by atomic mass is 19.1. The summed E-state index contributed by atoms with van der Waals surface area (Å²) < 4.78 is 17.9. The number of aldehydes is 1. The summed E-state index contributed by atoms with van der Waals surface area (Å²) in [5.41, 5.74) is 0.252. The third kappa shape index (κ3) is 3.69. The van der Waals surface area contributed by atoms with Gasteiger partial charge in [-0.1, -0.05) is 12.2 Å². The Morgan fingerprint density at radius 1 is 1.50 bits per heavy atom. The van der Waals surface area contributed by atoms with E-state index in [0.717, 1.165) is 6.07 Å². The molecule has 0 aromatic heterocycles. The van der Waals surface area contributed by atoms with Crippen molar-refractivity contribution in [3.05, 3.63) is 35.2 Å². The maximum absolute atomic E-state index is 13.2. The number of rotatable bonds is 5. The number of phenolic OH excluding ortho intramolecular Hbond substituents is 1. The zero-order valence-electron chi connectivity index (χ0n) is 9.85. The van der Waals surface area contributed by atoms with Gasteiger partial charge >= 0.3 is 5.97 Å². The van der Waals surface area contributed by atoms with Crippen LogP contribution in [0.15, 0.2) is 18.2 Å². The molecule has 0 aliphatic carbocycles. The topological polar surface area (TPSA) is 63.6 Å². The van der Waals surface area contributed by atoms with Gasteiger partial charge in [0.05, 0.1) is 18.6 Å². The second kappa shape index (κ2) is 6.54. The van der Waals surface area contributed by atoms with E-state index in [0.29, 0.717) is 18.5 Å².